The summed E-state index contributed by atoms with van der Waals surface area (Å²) >= 11 is 0. The lowest BCUT2D eigenvalue weighted by atomic mass is 9.78. The lowest BCUT2D eigenvalue weighted by Gasteiger charge is -2.40. The van der Waals surface area contributed by atoms with Gasteiger partial charge in [0.1, 0.15) is 0 Å². The predicted octanol–water partition coefficient (Wildman–Crippen LogP) is 4.54. The number of ether oxygens (including phenoxy) is 3. The van der Waals surface area contributed by atoms with Gasteiger partial charge in [0.25, 0.3) is 0 Å². The van der Waals surface area contributed by atoms with E-state index in [2.05, 4.69) is 36.4 Å². The largest absolute Gasteiger partial charge is 0.493 e. The molecule has 0 aliphatic carbocycles. The van der Waals surface area contributed by atoms with Crippen LogP contribution in [0.15, 0.2) is 23.2 Å². The van der Waals surface area contributed by atoms with E-state index < -0.39 is 0 Å². The SMILES string of the molecule is CCOc1cc(NC(=NC)NCC2CCCOC2C(C)(C)C)ccc1OC.I. The number of rotatable bonds is 6. The van der Waals surface area contributed by atoms with Crippen LogP contribution < -0.4 is 20.1 Å². The smallest absolute Gasteiger partial charge is 0.195 e. The van der Waals surface area contributed by atoms with E-state index in [0.717, 1.165) is 37.0 Å². The Kier molecular flexibility index (Phi) is 10.4. The first-order valence-corrected chi connectivity index (χ1v) is 9.79. The van der Waals surface area contributed by atoms with E-state index in [0.29, 0.717) is 18.3 Å². The minimum atomic E-state index is 0. The quantitative estimate of drug-likeness (QED) is 0.338. The molecule has 1 aromatic rings. The maximum Gasteiger partial charge on any atom is 0.195 e. The first kappa shape index (κ1) is 24.8. The van der Waals surface area contributed by atoms with Crippen molar-refractivity contribution in [2.24, 2.45) is 16.3 Å². The fourth-order valence-electron chi connectivity index (χ4n) is 3.58. The van der Waals surface area contributed by atoms with Crippen LogP contribution in [-0.2, 0) is 4.74 Å². The average molecular weight is 505 g/mol. The molecule has 0 aromatic heterocycles. The van der Waals surface area contributed by atoms with E-state index in [4.69, 9.17) is 14.2 Å². The normalized spacial score (nSPS) is 20.1. The summed E-state index contributed by atoms with van der Waals surface area (Å²) in [6.07, 6.45) is 2.53. The molecule has 1 aliphatic rings. The second-order valence-corrected chi connectivity index (χ2v) is 7.94. The van der Waals surface area contributed by atoms with Crippen molar-refractivity contribution >= 4 is 35.6 Å². The van der Waals surface area contributed by atoms with Crippen molar-refractivity contribution in [3.05, 3.63) is 18.2 Å². The third-order valence-corrected chi connectivity index (χ3v) is 4.78. The minimum absolute atomic E-state index is 0. The van der Waals surface area contributed by atoms with E-state index in [-0.39, 0.29) is 35.5 Å². The molecule has 28 heavy (non-hydrogen) atoms. The molecule has 6 nitrogen and oxygen atoms in total. The molecule has 2 atom stereocenters. The van der Waals surface area contributed by atoms with Crippen molar-refractivity contribution in [2.75, 3.05) is 39.2 Å². The van der Waals surface area contributed by atoms with Gasteiger partial charge < -0.3 is 24.8 Å². The Morgan fingerprint density at radius 1 is 1.29 bits per heavy atom. The van der Waals surface area contributed by atoms with E-state index in [1.54, 1.807) is 14.2 Å². The zero-order valence-corrected chi connectivity index (χ0v) is 20.3. The topological polar surface area (TPSA) is 64.1 Å². The highest BCUT2D eigenvalue weighted by molar-refractivity contribution is 14.0. The molecule has 2 rings (SSSR count). The van der Waals surface area contributed by atoms with Gasteiger partial charge in [0.05, 0.1) is 19.8 Å². The Labute approximate surface area is 186 Å². The predicted molar refractivity (Wildman–Crippen MR) is 126 cm³/mol. The second-order valence-electron chi connectivity index (χ2n) is 7.94. The third kappa shape index (κ3) is 6.99. The zero-order chi connectivity index (χ0) is 19.9. The molecule has 1 fully saturated rings. The van der Waals surface area contributed by atoms with Gasteiger partial charge in [-0.3, -0.25) is 4.99 Å². The maximum absolute atomic E-state index is 6.08. The molecular weight excluding hydrogens is 469 g/mol. The van der Waals surface area contributed by atoms with Gasteiger partial charge in [-0.15, -0.1) is 24.0 Å². The molecule has 0 bridgehead atoms. The molecule has 160 valence electrons. The maximum atomic E-state index is 6.08. The Bertz CT molecular complexity index is 632. The highest BCUT2D eigenvalue weighted by atomic mass is 127. The summed E-state index contributed by atoms with van der Waals surface area (Å²) in [6.45, 7) is 11.0. The monoisotopic (exact) mass is 505 g/mol. The van der Waals surface area contributed by atoms with Gasteiger partial charge in [-0.25, -0.2) is 0 Å². The molecule has 0 amide bonds. The van der Waals surface area contributed by atoms with E-state index in [1.165, 1.54) is 6.42 Å². The van der Waals surface area contributed by atoms with Gasteiger partial charge in [0.2, 0.25) is 0 Å². The van der Waals surface area contributed by atoms with Gasteiger partial charge in [0, 0.05) is 37.9 Å². The fourth-order valence-corrected chi connectivity index (χ4v) is 3.58. The molecule has 0 spiro atoms. The molecule has 0 saturated carbocycles. The van der Waals surface area contributed by atoms with Gasteiger partial charge in [-0.05, 0) is 37.3 Å². The van der Waals surface area contributed by atoms with Crippen LogP contribution in [0, 0.1) is 11.3 Å². The Hall–Kier alpha value is -1.22. The zero-order valence-electron chi connectivity index (χ0n) is 18.0. The van der Waals surface area contributed by atoms with Crippen LogP contribution in [0.3, 0.4) is 0 Å². The van der Waals surface area contributed by atoms with Crippen LogP contribution in [0.4, 0.5) is 5.69 Å². The number of nitrogens with one attached hydrogen (secondary N) is 2. The fraction of sp³-hybridized carbons (Fsp3) is 0.667. The Morgan fingerprint density at radius 2 is 2.04 bits per heavy atom. The van der Waals surface area contributed by atoms with Crippen molar-refractivity contribution in [3.63, 3.8) is 0 Å². The van der Waals surface area contributed by atoms with E-state index in [9.17, 15) is 0 Å². The van der Waals surface area contributed by atoms with Crippen LogP contribution in [0.25, 0.3) is 0 Å². The van der Waals surface area contributed by atoms with Crippen molar-refractivity contribution in [1.82, 2.24) is 5.32 Å². The highest BCUT2D eigenvalue weighted by Gasteiger charge is 2.35. The molecule has 2 N–H and O–H groups in total. The molecule has 2 unspecified atom stereocenters. The molecule has 1 aromatic carbocycles. The standard InChI is InChI=1S/C21H35N3O3.HI/c1-7-26-18-13-16(10-11-17(18)25-6)24-20(22-5)23-14-15-9-8-12-27-19(15)21(2,3)4;/h10-11,13,15,19H,7-9,12,14H2,1-6H3,(H2,22,23,24);1H. The number of guanidine groups is 1. The number of halogens is 1. The van der Waals surface area contributed by atoms with Crippen LogP contribution in [-0.4, -0.2) is 46.0 Å². The summed E-state index contributed by atoms with van der Waals surface area (Å²) < 4.78 is 17.1. The number of nitrogens with zero attached hydrogens (tertiary/aromatic N) is 1. The number of benzene rings is 1. The van der Waals surface area contributed by atoms with Crippen LogP contribution in [0.2, 0.25) is 0 Å². The van der Waals surface area contributed by atoms with Crippen LogP contribution in [0.1, 0.15) is 40.5 Å². The third-order valence-electron chi connectivity index (χ3n) is 4.78. The molecule has 1 heterocycles. The number of hydrogen-bond donors (Lipinski definition) is 2. The van der Waals surface area contributed by atoms with Gasteiger partial charge >= 0.3 is 0 Å². The lowest BCUT2D eigenvalue weighted by Crippen LogP contribution is -2.46. The number of methoxy groups -OCH3 is 1. The van der Waals surface area contributed by atoms with Crippen molar-refractivity contribution in [2.45, 2.75) is 46.6 Å². The van der Waals surface area contributed by atoms with Crippen LogP contribution >= 0.6 is 24.0 Å². The number of anilines is 1. The van der Waals surface area contributed by atoms with Crippen LogP contribution in [0.5, 0.6) is 11.5 Å². The average Bonchev–Trinajstić information content (AvgIpc) is 2.65. The minimum Gasteiger partial charge on any atom is -0.493 e. The molecular formula is C21H36IN3O3. The molecule has 7 heteroatoms. The first-order chi connectivity index (χ1) is 12.9. The van der Waals surface area contributed by atoms with Gasteiger partial charge in [0.15, 0.2) is 17.5 Å². The number of aliphatic imine (C=N–C) groups is 1. The summed E-state index contributed by atoms with van der Waals surface area (Å²) in [5.41, 5.74) is 1.03. The van der Waals surface area contributed by atoms with Crippen molar-refractivity contribution in [3.8, 4) is 11.5 Å². The lowest BCUT2D eigenvalue weighted by molar-refractivity contribution is -0.0835. The summed E-state index contributed by atoms with van der Waals surface area (Å²) in [7, 11) is 3.42. The molecule has 0 radical (unpaired) electrons. The number of hydrogen-bond acceptors (Lipinski definition) is 4. The summed E-state index contributed by atoms with van der Waals surface area (Å²) in [5.74, 6) is 2.64. The summed E-state index contributed by atoms with van der Waals surface area (Å²) in [5, 5.41) is 6.79. The molecule has 1 saturated heterocycles. The second kappa shape index (κ2) is 11.7. The highest BCUT2D eigenvalue weighted by Crippen LogP contribution is 2.34. The first-order valence-electron chi connectivity index (χ1n) is 9.79. The van der Waals surface area contributed by atoms with E-state index in [1.807, 2.05) is 25.1 Å². The van der Waals surface area contributed by atoms with Gasteiger partial charge in [-0.1, -0.05) is 20.8 Å². The summed E-state index contributed by atoms with van der Waals surface area (Å²) in [4.78, 5) is 4.35. The Balaban J connectivity index is 0.00000392. The van der Waals surface area contributed by atoms with Crippen molar-refractivity contribution < 1.29 is 14.2 Å². The summed E-state index contributed by atoms with van der Waals surface area (Å²) in [6, 6.07) is 5.78. The Morgan fingerprint density at radius 3 is 2.64 bits per heavy atom. The van der Waals surface area contributed by atoms with E-state index >= 15 is 0 Å². The van der Waals surface area contributed by atoms with Gasteiger partial charge in [-0.2, -0.15) is 0 Å². The molecule has 1 aliphatic heterocycles. The van der Waals surface area contributed by atoms with Crippen molar-refractivity contribution in [1.29, 1.82) is 0 Å².